The number of rotatable bonds is 5. The van der Waals surface area contributed by atoms with Gasteiger partial charge in [-0.1, -0.05) is 62.4 Å². The lowest BCUT2D eigenvalue weighted by molar-refractivity contribution is 0.131. The van der Waals surface area contributed by atoms with Crippen molar-refractivity contribution in [1.82, 2.24) is 5.32 Å². The van der Waals surface area contributed by atoms with Gasteiger partial charge in [0.1, 0.15) is 6.61 Å². The molecule has 0 aliphatic heterocycles. The molecule has 0 spiro atoms. The number of aliphatic hydroxyl groups is 1. The van der Waals surface area contributed by atoms with E-state index in [0.717, 1.165) is 6.42 Å². The molecule has 2 aromatic carbocycles. The second kappa shape index (κ2) is 6.13. The van der Waals surface area contributed by atoms with Crippen molar-refractivity contribution in [1.29, 1.82) is 0 Å². The number of amides is 1. The Balaban J connectivity index is 1.41. The topological polar surface area (TPSA) is 58.6 Å². The normalized spacial score (nSPS) is 22.4. The molecule has 0 heterocycles. The minimum absolute atomic E-state index is 0.0670. The number of hydrogen-bond acceptors (Lipinski definition) is 3. The van der Waals surface area contributed by atoms with Gasteiger partial charge in [0, 0.05) is 17.9 Å². The first kappa shape index (κ1) is 17.1. The number of hydrogen-bond donors (Lipinski definition) is 2. The van der Waals surface area contributed by atoms with E-state index in [2.05, 4.69) is 43.4 Å². The van der Waals surface area contributed by atoms with Crippen LogP contribution in [0.25, 0.3) is 11.1 Å². The first-order valence-corrected chi connectivity index (χ1v) is 9.17. The van der Waals surface area contributed by atoms with E-state index in [4.69, 9.17) is 4.74 Å². The number of carbonyl (C=O) groups excluding carboxylic acids is 1. The van der Waals surface area contributed by atoms with Gasteiger partial charge >= 0.3 is 6.09 Å². The van der Waals surface area contributed by atoms with Crippen molar-refractivity contribution in [3.8, 4) is 11.1 Å². The lowest BCUT2D eigenvalue weighted by Crippen LogP contribution is -2.35. The van der Waals surface area contributed by atoms with Crippen LogP contribution < -0.4 is 5.32 Å². The van der Waals surface area contributed by atoms with E-state index < -0.39 is 6.09 Å². The molecule has 4 nitrogen and oxygen atoms in total. The summed E-state index contributed by atoms with van der Waals surface area (Å²) in [5.41, 5.74) is 4.71. The van der Waals surface area contributed by atoms with Gasteiger partial charge in [-0.25, -0.2) is 4.79 Å². The monoisotopic (exact) mass is 351 g/mol. The number of nitrogens with one attached hydrogen (secondary N) is 1. The van der Waals surface area contributed by atoms with Gasteiger partial charge in [-0.05, 0) is 34.1 Å². The minimum Gasteiger partial charge on any atom is -0.449 e. The third-order valence-electron chi connectivity index (χ3n) is 6.31. The molecule has 2 aromatic rings. The molecule has 1 fully saturated rings. The zero-order valence-electron chi connectivity index (χ0n) is 15.3. The fourth-order valence-electron chi connectivity index (χ4n) is 4.32. The van der Waals surface area contributed by atoms with Crippen LogP contribution in [0.5, 0.6) is 0 Å². The summed E-state index contributed by atoms with van der Waals surface area (Å²) in [7, 11) is 0. The van der Waals surface area contributed by atoms with Gasteiger partial charge in [0.05, 0.1) is 6.61 Å². The number of benzene rings is 2. The number of ether oxygens (including phenoxy) is 1. The first-order chi connectivity index (χ1) is 12.5. The zero-order chi connectivity index (χ0) is 18.4. The molecule has 1 atom stereocenters. The van der Waals surface area contributed by atoms with E-state index in [9.17, 15) is 9.90 Å². The van der Waals surface area contributed by atoms with Gasteiger partial charge in [-0.15, -0.1) is 0 Å². The second-order valence-electron chi connectivity index (χ2n) is 8.18. The molecule has 0 saturated heterocycles. The van der Waals surface area contributed by atoms with Crippen LogP contribution in [0.3, 0.4) is 0 Å². The average Bonchev–Trinajstić information content (AvgIpc) is 3.07. The summed E-state index contributed by atoms with van der Waals surface area (Å²) in [5, 5.41) is 12.5. The number of alkyl carbamates (subject to hydrolysis) is 1. The van der Waals surface area contributed by atoms with Gasteiger partial charge in [-0.2, -0.15) is 0 Å². The van der Waals surface area contributed by atoms with Gasteiger partial charge in [0.2, 0.25) is 0 Å². The molecular weight excluding hydrogens is 326 g/mol. The molecule has 2 aliphatic carbocycles. The summed E-state index contributed by atoms with van der Waals surface area (Å²) in [4.78, 5) is 12.2. The number of fused-ring (bicyclic) bond motifs is 3. The highest BCUT2D eigenvalue weighted by molar-refractivity contribution is 5.79. The van der Waals surface area contributed by atoms with Crippen LogP contribution in [0, 0.1) is 10.8 Å². The smallest absolute Gasteiger partial charge is 0.407 e. The second-order valence-corrected chi connectivity index (χ2v) is 8.18. The Morgan fingerprint density at radius 3 is 2.15 bits per heavy atom. The molecule has 26 heavy (non-hydrogen) atoms. The van der Waals surface area contributed by atoms with E-state index in [1.54, 1.807) is 0 Å². The van der Waals surface area contributed by atoms with E-state index in [0.29, 0.717) is 13.2 Å². The summed E-state index contributed by atoms with van der Waals surface area (Å²) < 4.78 is 5.54. The molecule has 1 saturated carbocycles. The Labute approximate surface area is 154 Å². The van der Waals surface area contributed by atoms with Gasteiger partial charge in [0.25, 0.3) is 0 Å². The maximum atomic E-state index is 12.2. The predicted molar refractivity (Wildman–Crippen MR) is 101 cm³/mol. The first-order valence-electron chi connectivity index (χ1n) is 9.17. The van der Waals surface area contributed by atoms with E-state index in [-0.39, 0.29) is 23.4 Å². The minimum atomic E-state index is -0.414. The third kappa shape index (κ3) is 2.69. The molecule has 0 aromatic heterocycles. The lowest BCUT2D eigenvalue weighted by Gasteiger charge is -2.19. The molecular formula is C22H25NO3. The Bertz CT molecular complexity index is 799. The highest BCUT2D eigenvalue weighted by Gasteiger charge is 2.60. The van der Waals surface area contributed by atoms with Gasteiger partial charge in [-0.3, -0.25) is 0 Å². The van der Waals surface area contributed by atoms with Crippen molar-refractivity contribution in [3.05, 3.63) is 59.7 Å². The standard InChI is InChI=1S/C22H25NO3/c1-21(2)12-22(21,14-24)13-23-20(25)26-11-19-17-9-5-3-7-15(17)16-8-4-6-10-18(16)19/h3-10,19,24H,11-14H2,1-2H3,(H,23,25). The van der Waals surface area contributed by atoms with Crippen LogP contribution in [0.4, 0.5) is 4.79 Å². The number of aliphatic hydroxyl groups excluding tert-OH is 1. The summed E-state index contributed by atoms with van der Waals surface area (Å²) in [6.07, 6.45) is 0.502. The fourth-order valence-corrected chi connectivity index (χ4v) is 4.32. The maximum absolute atomic E-state index is 12.2. The van der Waals surface area contributed by atoms with Crippen molar-refractivity contribution in [2.45, 2.75) is 26.2 Å². The Kier molecular flexibility index (Phi) is 4.03. The van der Waals surface area contributed by atoms with Crippen molar-refractivity contribution in [3.63, 3.8) is 0 Å². The molecule has 2 N–H and O–H groups in total. The SMILES string of the molecule is CC1(C)CC1(CO)CNC(=O)OCC1c2ccccc2-c2ccccc21. The van der Waals surface area contributed by atoms with E-state index in [1.807, 2.05) is 24.3 Å². The Hall–Kier alpha value is -2.33. The van der Waals surface area contributed by atoms with Crippen LogP contribution >= 0.6 is 0 Å². The molecule has 0 radical (unpaired) electrons. The number of carbonyl (C=O) groups is 1. The van der Waals surface area contributed by atoms with Crippen LogP contribution in [-0.4, -0.2) is 31.0 Å². The Morgan fingerprint density at radius 1 is 1.12 bits per heavy atom. The van der Waals surface area contributed by atoms with Crippen molar-refractivity contribution in [2.24, 2.45) is 10.8 Å². The quantitative estimate of drug-likeness (QED) is 0.858. The molecule has 1 unspecified atom stereocenters. The highest BCUT2D eigenvalue weighted by atomic mass is 16.5. The summed E-state index contributed by atoms with van der Waals surface area (Å²) >= 11 is 0. The van der Waals surface area contributed by atoms with Crippen LogP contribution in [0.2, 0.25) is 0 Å². The maximum Gasteiger partial charge on any atom is 0.407 e. The van der Waals surface area contributed by atoms with Crippen molar-refractivity contribution in [2.75, 3.05) is 19.8 Å². The van der Waals surface area contributed by atoms with Crippen LogP contribution in [-0.2, 0) is 4.74 Å². The molecule has 1 amide bonds. The third-order valence-corrected chi connectivity index (χ3v) is 6.31. The molecule has 4 heteroatoms. The van der Waals surface area contributed by atoms with Crippen LogP contribution in [0.1, 0.15) is 37.3 Å². The zero-order valence-corrected chi connectivity index (χ0v) is 15.3. The van der Waals surface area contributed by atoms with Gasteiger partial charge < -0.3 is 15.2 Å². The van der Waals surface area contributed by atoms with Gasteiger partial charge in [0.15, 0.2) is 0 Å². The Morgan fingerprint density at radius 2 is 1.65 bits per heavy atom. The molecule has 2 aliphatic rings. The average molecular weight is 351 g/mol. The predicted octanol–water partition coefficient (Wildman–Crippen LogP) is 3.93. The summed E-state index contributed by atoms with van der Waals surface area (Å²) in [6, 6.07) is 16.6. The fraction of sp³-hybridized carbons (Fsp3) is 0.409. The molecule has 4 rings (SSSR count). The van der Waals surface area contributed by atoms with Crippen molar-refractivity contribution < 1.29 is 14.6 Å². The van der Waals surface area contributed by atoms with E-state index in [1.165, 1.54) is 22.3 Å². The van der Waals surface area contributed by atoms with Crippen LogP contribution in [0.15, 0.2) is 48.5 Å². The highest BCUT2D eigenvalue weighted by Crippen LogP contribution is 2.62. The molecule has 136 valence electrons. The van der Waals surface area contributed by atoms with Crippen molar-refractivity contribution >= 4 is 6.09 Å². The summed E-state index contributed by atoms with van der Waals surface area (Å²) in [5.74, 6) is 0.0670. The largest absolute Gasteiger partial charge is 0.449 e. The summed E-state index contributed by atoms with van der Waals surface area (Å²) in [6.45, 7) is 5.08. The van der Waals surface area contributed by atoms with E-state index >= 15 is 0 Å². The molecule has 0 bridgehead atoms. The lowest BCUT2D eigenvalue weighted by atomic mass is 9.97.